The van der Waals surface area contributed by atoms with Crippen LogP contribution in [0.15, 0.2) is 27.6 Å². The molecule has 4 aliphatic carbocycles. The lowest BCUT2D eigenvalue weighted by Crippen LogP contribution is -2.63. The van der Waals surface area contributed by atoms with Crippen molar-refractivity contribution in [1.29, 1.82) is 0 Å². The lowest BCUT2D eigenvalue weighted by molar-refractivity contribution is -0.186. The Morgan fingerprint density at radius 1 is 1.18 bits per heavy atom. The summed E-state index contributed by atoms with van der Waals surface area (Å²) in [6.07, 6.45) is 4.61. The Hall–Kier alpha value is -1.99. The van der Waals surface area contributed by atoms with Gasteiger partial charge in [-0.3, -0.25) is 9.59 Å². The third-order valence-electron chi connectivity index (χ3n) is 10.4. The standard InChI is InChI=1S/C26H32O7/c1-13(27)32-22-21(14-4-7-20(30)31-12-14)25(3)19(29)11-18-17(26(25)23(22)33-26)6-5-15-10-16(28)8-9-24(15,18)2/h4,7,12,15,17-19,21-23,29H,5-6,8-11H2,1-3H3/t15-,17?,18+,19-,21+,22-,23-,24+,25-,26?/m1/s1. The molecule has 1 aromatic rings. The van der Waals surface area contributed by atoms with E-state index in [1.165, 1.54) is 19.3 Å². The van der Waals surface area contributed by atoms with Gasteiger partial charge in [0.25, 0.3) is 0 Å². The number of fused-ring (bicyclic) bond motifs is 3. The number of ketones is 1. The van der Waals surface area contributed by atoms with Gasteiger partial charge in [-0.2, -0.15) is 0 Å². The molecule has 1 aromatic heterocycles. The van der Waals surface area contributed by atoms with Gasteiger partial charge in [-0.1, -0.05) is 13.8 Å². The fraction of sp³-hybridized carbons (Fsp3) is 0.731. The molecule has 178 valence electrons. The molecule has 0 bridgehead atoms. The zero-order chi connectivity index (χ0) is 23.3. The summed E-state index contributed by atoms with van der Waals surface area (Å²) in [7, 11) is 0. The highest BCUT2D eigenvalue weighted by atomic mass is 16.7. The number of aliphatic hydroxyl groups is 1. The molecule has 1 spiro atoms. The summed E-state index contributed by atoms with van der Waals surface area (Å²) in [6, 6.07) is 3.10. The molecule has 10 atom stereocenters. The van der Waals surface area contributed by atoms with Crippen molar-refractivity contribution < 1.29 is 28.6 Å². The van der Waals surface area contributed by atoms with Gasteiger partial charge >= 0.3 is 11.6 Å². The van der Waals surface area contributed by atoms with Crippen LogP contribution < -0.4 is 5.63 Å². The minimum Gasteiger partial charge on any atom is -0.459 e. The van der Waals surface area contributed by atoms with E-state index in [0.717, 1.165) is 24.8 Å². The second-order valence-corrected chi connectivity index (χ2v) is 11.5. The molecule has 0 amide bonds. The number of carbonyl (C=O) groups excluding carboxylic acids is 2. The van der Waals surface area contributed by atoms with E-state index in [9.17, 15) is 19.5 Å². The fourth-order valence-corrected chi connectivity index (χ4v) is 8.87. The molecule has 4 saturated carbocycles. The third kappa shape index (κ3) is 2.61. The highest BCUT2D eigenvalue weighted by molar-refractivity contribution is 5.79. The van der Waals surface area contributed by atoms with E-state index in [4.69, 9.17) is 13.9 Å². The maximum atomic E-state index is 12.2. The predicted octanol–water partition coefficient (Wildman–Crippen LogP) is 2.98. The SMILES string of the molecule is CC(=O)O[C@H]1[C@H]2OC23C2CC[C@@H]4CC(=O)CC[C@]4(C)[C@H]2C[C@@H](O)[C@]3(C)[C@H]1c1ccc(=O)oc1. The number of rotatable bonds is 2. The van der Waals surface area contributed by atoms with Gasteiger partial charge in [0.05, 0.1) is 12.4 Å². The molecule has 33 heavy (non-hydrogen) atoms. The molecule has 5 fully saturated rings. The van der Waals surface area contributed by atoms with Crippen molar-refractivity contribution in [2.75, 3.05) is 0 Å². The number of ether oxygens (including phenoxy) is 2. The van der Waals surface area contributed by atoms with Crippen molar-refractivity contribution in [1.82, 2.24) is 0 Å². The quantitative estimate of drug-likeness (QED) is 0.539. The van der Waals surface area contributed by atoms with E-state index >= 15 is 0 Å². The summed E-state index contributed by atoms with van der Waals surface area (Å²) < 4.78 is 17.6. The normalized spacial score (nSPS) is 49.9. The highest BCUT2D eigenvalue weighted by Gasteiger charge is 2.86. The number of Topliss-reactive ketones (excluding diaryl/α,β-unsaturated/α-hetero) is 1. The third-order valence-corrected chi connectivity index (χ3v) is 10.4. The van der Waals surface area contributed by atoms with Crippen LogP contribution in [0.1, 0.15) is 70.8 Å². The largest absolute Gasteiger partial charge is 0.459 e. The van der Waals surface area contributed by atoms with E-state index in [0.29, 0.717) is 31.0 Å². The summed E-state index contributed by atoms with van der Waals surface area (Å²) >= 11 is 0. The van der Waals surface area contributed by atoms with Gasteiger partial charge in [0.1, 0.15) is 23.6 Å². The van der Waals surface area contributed by atoms with Crippen LogP contribution in [0, 0.1) is 28.6 Å². The molecule has 2 heterocycles. The highest BCUT2D eigenvalue weighted by Crippen LogP contribution is 2.78. The molecule has 0 aromatic carbocycles. The number of hydrogen-bond acceptors (Lipinski definition) is 7. The van der Waals surface area contributed by atoms with Crippen LogP contribution in [0.5, 0.6) is 0 Å². The van der Waals surface area contributed by atoms with Crippen LogP contribution in [-0.4, -0.2) is 40.8 Å². The van der Waals surface area contributed by atoms with Gasteiger partial charge in [-0.05, 0) is 60.5 Å². The van der Waals surface area contributed by atoms with Crippen molar-refractivity contribution in [3.8, 4) is 0 Å². The first-order valence-electron chi connectivity index (χ1n) is 12.3. The molecule has 6 rings (SSSR count). The van der Waals surface area contributed by atoms with Gasteiger partial charge < -0.3 is 19.0 Å². The zero-order valence-electron chi connectivity index (χ0n) is 19.4. The van der Waals surface area contributed by atoms with Gasteiger partial charge in [-0.15, -0.1) is 0 Å². The first kappa shape index (κ1) is 21.5. The van der Waals surface area contributed by atoms with Crippen molar-refractivity contribution in [2.24, 2.45) is 28.6 Å². The van der Waals surface area contributed by atoms with Crippen molar-refractivity contribution in [2.45, 2.75) is 89.1 Å². The van der Waals surface area contributed by atoms with Gasteiger partial charge in [-0.25, -0.2) is 4.79 Å². The second-order valence-electron chi connectivity index (χ2n) is 11.5. The second kappa shape index (κ2) is 6.79. The smallest absolute Gasteiger partial charge is 0.335 e. The molecule has 5 aliphatic rings. The van der Waals surface area contributed by atoms with Crippen LogP contribution in [-0.2, 0) is 19.1 Å². The summed E-state index contributed by atoms with van der Waals surface area (Å²) in [4.78, 5) is 35.9. The maximum absolute atomic E-state index is 12.2. The Morgan fingerprint density at radius 3 is 2.67 bits per heavy atom. The lowest BCUT2D eigenvalue weighted by atomic mass is 9.43. The van der Waals surface area contributed by atoms with Crippen molar-refractivity contribution >= 4 is 11.8 Å². The van der Waals surface area contributed by atoms with Crippen molar-refractivity contribution in [3.05, 3.63) is 34.4 Å². The molecule has 1 N–H and O–H groups in total. The molecule has 7 heteroatoms. The number of epoxide rings is 1. The van der Waals surface area contributed by atoms with Crippen LogP contribution >= 0.6 is 0 Å². The molecule has 2 unspecified atom stereocenters. The van der Waals surface area contributed by atoms with E-state index in [-0.39, 0.29) is 35.2 Å². The molecule has 1 aliphatic heterocycles. The van der Waals surface area contributed by atoms with Gasteiger partial charge in [0.2, 0.25) is 0 Å². The number of carbonyl (C=O) groups is 2. The molecule has 0 radical (unpaired) electrons. The molecular formula is C26H32O7. The number of aliphatic hydroxyl groups excluding tert-OH is 1. The Balaban J connectivity index is 1.45. The van der Waals surface area contributed by atoms with Crippen molar-refractivity contribution in [3.63, 3.8) is 0 Å². The van der Waals surface area contributed by atoms with Crippen LogP contribution in [0.2, 0.25) is 0 Å². The summed E-state index contributed by atoms with van der Waals surface area (Å²) in [6.45, 7) is 5.77. The van der Waals surface area contributed by atoms with E-state index in [1.807, 2.05) is 0 Å². The Labute approximate surface area is 192 Å². The fourth-order valence-electron chi connectivity index (χ4n) is 8.87. The van der Waals surface area contributed by atoms with E-state index in [2.05, 4.69) is 13.8 Å². The van der Waals surface area contributed by atoms with E-state index < -0.39 is 28.8 Å². The topological polar surface area (TPSA) is 106 Å². The number of hydrogen-bond donors (Lipinski definition) is 1. The zero-order valence-corrected chi connectivity index (χ0v) is 19.4. The first-order valence-corrected chi connectivity index (χ1v) is 12.3. The first-order chi connectivity index (χ1) is 15.6. The minimum atomic E-state index is -0.688. The van der Waals surface area contributed by atoms with Gasteiger partial charge in [0, 0.05) is 37.2 Å². The number of esters is 1. The Bertz CT molecular complexity index is 1060. The molecular weight excluding hydrogens is 424 g/mol. The molecule has 7 nitrogen and oxygen atoms in total. The lowest BCUT2D eigenvalue weighted by Gasteiger charge is -2.61. The monoisotopic (exact) mass is 456 g/mol. The average molecular weight is 457 g/mol. The molecule has 1 saturated heterocycles. The maximum Gasteiger partial charge on any atom is 0.335 e. The summed E-state index contributed by atoms with van der Waals surface area (Å²) in [5.74, 6) is 0.473. The van der Waals surface area contributed by atoms with Gasteiger partial charge in [0.15, 0.2) is 0 Å². The Kier molecular flexibility index (Phi) is 4.43. The minimum absolute atomic E-state index is 0.00105. The van der Waals surface area contributed by atoms with Crippen LogP contribution in [0.4, 0.5) is 0 Å². The van der Waals surface area contributed by atoms with Crippen LogP contribution in [0.3, 0.4) is 0 Å². The summed E-state index contributed by atoms with van der Waals surface area (Å²) in [5.41, 5.74) is -0.972. The van der Waals surface area contributed by atoms with Crippen LogP contribution in [0.25, 0.3) is 0 Å². The predicted molar refractivity (Wildman–Crippen MR) is 116 cm³/mol. The summed E-state index contributed by atoms with van der Waals surface area (Å²) in [5, 5.41) is 11.8. The Morgan fingerprint density at radius 2 is 1.97 bits per heavy atom. The van der Waals surface area contributed by atoms with E-state index in [1.54, 1.807) is 6.07 Å². The average Bonchev–Trinajstić information content (AvgIpc) is 3.46.